The lowest BCUT2D eigenvalue weighted by Crippen LogP contribution is -2.51. The van der Waals surface area contributed by atoms with Crippen molar-refractivity contribution in [2.45, 2.75) is 50.9 Å². The number of primary amides is 1. The topological polar surface area (TPSA) is 204 Å². The van der Waals surface area contributed by atoms with Gasteiger partial charge in [-0.25, -0.2) is 22.8 Å². The molecule has 3 atom stereocenters. The highest BCUT2D eigenvalue weighted by Gasteiger charge is 2.31. The van der Waals surface area contributed by atoms with Crippen molar-refractivity contribution in [2.75, 3.05) is 38.4 Å². The Bertz CT molecular complexity index is 1850. The van der Waals surface area contributed by atoms with E-state index in [1.807, 2.05) is 0 Å². The van der Waals surface area contributed by atoms with Gasteiger partial charge in [-0.1, -0.05) is 13.8 Å². The zero-order chi connectivity index (χ0) is 36.6. The van der Waals surface area contributed by atoms with Crippen molar-refractivity contribution >= 4 is 39.2 Å². The van der Waals surface area contributed by atoms with Crippen molar-refractivity contribution in [3.63, 3.8) is 0 Å². The molecule has 0 fully saturated rings. The summed E-state index contributed by atoms with van der Waals surface area (Å²) in [7, 11) is -1.82. The van der Waals surface area contributed by atoms with E-state index < -0.39 is 51.3 Å². The average molecular weight is 717 g/mol. The number of carbonyl (C=O) groups excluding carboxylic acids is 3. The molecule has 0 aliphatic carbocycles. The molecule has 1 aliphatic heterocycles. The number of hydrogen-bond donors (Lipinski definition) is 4. The molecule has 0 saturated carbocycles. The van der Waals surface area contributed by atoms with Crippen LogP contribution in [0.15, 0.2) is 47.0 Å². The third-order valence-electron chi connectivity index (χ3n) is 7.78. The summed E-state index contributed by atoms with van der Waals surface area (Å²) in [4.78, 5) is 47.5. The molecule has 4 rings (SSSR count). The summed E-state index contributed by atoms with van der Waals surface area (Å²) in [5.74, 6) is -2.12. The fraction of sp³-hybridized carbons (Fsp3) is 0.424. The highest BCUT2D eigenvalue weighted by atomic mass is 32.2. The molecule has 4 amide bonds. The minimum absolute atomic E-state index is 0.0995. The number of nitrogens with two attached hydrogens (primary N) is 2. The van der Waals surface area contributed by atoms with Crippen LogP contribution in [0.2, 0.25) is 0 Å². The van der Waals surface area contributed by atoms with Gasteiger partial charge in [-0.3, -0.25) is 9.59 Å². The van der Waals surface area contributed by atoms with Crippen molar-refractivity contribution in [1.82, 2.24) is 20.2 Å². The Kier molecular flexibility index (Phi) is 12.6. The molecule has 1 aromatic carbocycles. The number of carbonyl (C=O) groups is 3. The lowest BCUT2D eigenvalue weighted by atomic mass is 10.0. The molecule has 3 aromatic rings. The molecule has 2 aromatic heterocycles. The van der Waals surface area contributed by atoms with Crippen molar-refractivity contribution in [2.24, 2.45) is 21.7 Å². The number of aromatic nitrogens is 2. The second-order valence-corrected chi connectivity index (χ2v) is 14.7. The first-order valence-electron chi connectivity index (χ1n) is 15.9. The Morgan fingerprint density at radius 3 is 2.56 bits per heavy atom. The number of hydrogen-bond acceptors (Lipinski definition) is 10. The van der Waals surface area contributed by atoms with Crippen LogP contribution in [-0.4, -0.2) is 82.1 Å². The predicted molar refractivity (Wildman–Crippen MR) is 184 cm³/mol. The Labute approximate surface area is 289 Å². The second kappa shape index (κ2) is 16.7. The number of fused-ring (bicyclic) bond motifs is 6. The summed E-state index contributed by atoms with van der Waals surface area (Å²) in [6, 6.07) is 5.65. The number of amides is 4. The summed E-state index contributed by atoms with van der Waals surface area (Å²) in [6.45, 7) is 3.98. The molecule has 0 radical (unpaired) electrons. The first-order chi connectivity index (χ1) is 23.6. The summed E-state index contributed by atoms with van der Waals surface area (Å²) in [5.41, 5.74) is 12.1. The summed E-state index contributed by atoms with van der Waals surface area (Å²) < 4.78 is 58.6. The highest BCUT2D eigenvalue weighted by molar-refractivity contribution is 7.92. The molecule has 3 heterocycles. The van der Waals surface area contributed by atoms with E-state index in [4.69, 9.17) is 20.9 Å². The fourth-order valence-electron chi connectivity index (χ4n) is 5.14. The van der Waals surface area contributed by atoms with Crippen LogP contribution >= 0.6 is 0 Å². The van der Waals surface area contributed by atoms with E-state index in [-0.39, 0.29) is 73.1 Å². The molecular weight excluding hydrogens is 674 g/mol. The molecule has 6 N–H and O–H groups in total. The van der Waals surface area contributed by atoms with Crippen LogP contribution in [0, 0.1) is 17.6 Å². The first-order valence-corrected chi connectivity index (χ1v) is 18.0. The zero-order valence-corrected chi connectivity index (χ0v) is 29.1. The number of ether oxygens (including phenoxy) is 2. The number of nitrogens with zero attached hydrogens (tertiary/aromatic N) is 4. The largest absolute Gasteiger partial charge is 0.493 e. The number of anilines is 2. The Hall–Kier alpha value is -4.90. The van der Waals surface area contributed by atoms with Crippen LogP contribution in [-0.2, 0) is 25.1 Å². The van der Waals surface area contributed by atoms with Gasteiger partial charge in [0.05, 0.1) is 40.9 Å². The minimum atomic E-state index is -3.25. The second-order valence-electron chi connectivity index (χ2n) is 12.3. The third kappa shape index (κ3) is 10.3. The minimum Gasteiger partial charge on any atom is -0.493 e. The maximum atomic E-state index is 15.0. The van der Waals surface area contributed by atoms with E-state index in [1.54, 1.807) is 26.0 Å². The number of pyridine rings is 2. The van der Waals surface area contributed by atoms with E-state index in [0.717, 1.165) is 6.20 Å². The Morgan fingerprint density at radius 2 is 1.84 bits per heavy atom. The fourth-order valence-corrected chi connectivity index (χ4v) is 6.49. The smallest absolute Gasteiger partial charge is 0.312 e. The van der Waals surface area contributed by atoms with Crippen LogP contribution in [0.3, 0.4) is 0 Å². The van der Waals surface area contributed by atoms with Crippen LogP contribution < -0.4 is 31.6 Å². The van der Waals surface area contributed by atoms with Gasteiger partial charge in [0.1, 0.15) is 35.1 Å². The van der Waals surface area contributed by atoms with Gasteiger partial charge < -0.3 is 36.5 Å². The van der Waals surface area contributed by atoms with E-state index in [2.05, 4.69) is 25.0 Å². The van der Waals surface area contributed by atoms with Gasteiger partial charge in [0.15, 0.2) is 0 Å². The number of likely N-dealkylation sites (N-methyl/N-ethyl adjacent to an activating group) is 1. The lowest BCUT2D eigenvalue weighted by molar-refractivity contribution is -0.139. The first kappa shape index (κ1) is 37.9. The molecule has 1 unspecified atom stereocenters. The molecular formula is C33H42F2N8O6S. The zero-order valence-electron chi connectivity index (χ0n) is 28.3. The SMILES string of the molecule is CC(C)[C@H](N)C(=O)N(C)[C@@H](CCCNC(N)=O)C(=O)N=S(C)(=O)Cc1cc2nc(c1)OCCCOc1cc(F)ccc1-c1cc(ncc1F)N2. The van der Waals surface area contributed by atoms with Gasteiger partial charge in [0.2, 0.25) is 11.8 Å². The number of halogens is 2. The van der Waals surface area contributed by atoms with E-state index in [0.29, 0.717) is 17.5 Å². The molecule has 14 nitrogen and oxygen atoms in total. The molecule has 1 aliphatic rings. The van der Waals surface area contributed by atoms with Crippen molar-refractivity contribution in [1.29, 1.82) is 0 Å². The third-order valence-corrected chi connectivity index (χ3v) is 9.21. The van der Waals surface area contributed by atoms with E-state index in [1.165, 1.54) is 42.5 Å². The lowest BCUT2D eigenvalue weighted by Gasteiger charge is -2.29. The summed E-state index contributed by atoms with van der Waals surface area (Å²) in [5, 5.41) is 5.45. The highest BCUT2D eigenvalue weighted by Crippen LogP contribution is 2.34. The van der Waals surface area contributed by atoms with Gasteiger partial charge in [0.25, 0.3) is 5.91 Å². The van der Waals surface area contributed by atoms with E-state index in [9.17, 15) is 27.4 Å². The monoisotopic (exact) mass is 716 g/mol. The van der Waals surface area contributed by atoms with Gasteiger partial charge in [-0.2, -0.15) is 9.35 Å². The van der Waals surface area contributed by atoms with Gasteiger partial charge in [-0.05, 0) is 48.6 Å². The maximum absolute atomic E-state index is 15.0. The molecule has 4 bridgehead atoms. The normalized spacial score (nSPS) is 15.0. The maximum Gasteiger partial charge on any atom is 0.312 e. The number of benzene rings is 1. The molecule has 270 valence electrons. The predicted octanol–water partition coefficient (Wildman–Crippen LogP) is 3.71. The van der Waals surface area contributed by atoms with E-state index >= 15 is 0 Å². The van der Waals surface area contributed by atoms with Crippen LogP contribution in [0.4, 0.5) is 25.2 Å². The number of nitrogens with one attached hydrogen (secondary N) is 2. The average Bonchev–Trinajstić information content (AvgIpc) is 3.03. The quantitative estimate of drug-likeness (QED) is 0.224. The Balaban J connectivity index is 1.64. The Morgan fingerprint density at radius 1 is 1.10 bits per heavy atom. The molecule has 50 heavy (non-hydrogen) atoms. The number of rotatable bonds is 10. The van der Waals surface area contributed by atoms with Crippen LogP contribution in [0.5, 0.6) is 11.6 Å². The van der Waals surface area contributed by atoms with Crippen LogP contribution in [0.1, 0.15) is 38.7 Å². The van der Waals surface area contributed by atoms with Gasteiger partial charge in [-0.15, -0.1) is 0 Å². The molecule has 0 spiro atoms. The molecule has 0 saturated heterocycles. The van der Waals surface area contributed by atoms with Crippen molar-refractivity contribution < 1.29 is 36.8 Å². The van der Waals surface area contributed by atoms with Gasteiger partial charge >= 0.3 is 6.03 Å². The number of urea groups is 1. The van der Waals surface area contributed by atoms with Crippen molar-refractivity contribution in [3.8, 4) is 22.8 Å². The molecule has 17 heteroatoms. The van der Waals surface area contributed by atoms with Crippen molar-refractivity contribution in [3.05, 3.63) is 59.8 Å². The van der Waals surface area contributed by atoms with Gasteiger partial charge in [0, 0.05) is 49.5 Å². The summed E-state index contributed by atoms with van der Waals surface area (Å²) in [6.07, 6.45) is 3.08. The standard InChI is InChI=1S/C33H42F2N8O6S/c1-19(2)30(36)32(45)43(3)25(7-5-10-38-33(37)46)31(44)42-50(4,47)18-20-13-28-40-27-16-23(24(35)17-39-27)22-9-8-21(34)15-26(22)48-11-6-12-49-29(14-20)41-28/h8-9,13-17,19,25,30H,5-7,10-12,18,36H2,1-4H3,(H3,37,38,46)(H,39,40,41)/t25-,30-,50?/m0/s1. The summed E-state index contributed by atoms with van der Waals surface area (Å²) >= 11 is 0. The van der Waals surface area contributed by atoms with Crippen LogP contribution in [0.25, 0.3) is 11.1 Å².